The molecule has 0 unspecified atom stereocenters. The number of anilines is 1. The van der Waals surface area contributed by atoms with E-state index in [9.17, 15) is 4.39 Å². The Balaban J connectivity index is 1.05. The van der Waals surface area contributed by atoms with Gasteiger partial charge >= 0.3 is 0 Å². The van der Waals surface area contributed by atoms with Crippen molar-refractivity contribution >= 4 is 83.0 Å². The van der Waals surface area contributed by atoms with Crippen molar-refractivity contribution in [1.82, 2.24) is 34.7 Å². The number of rotatable bonds is 10. The monoisotopic (exact) mass is 662 g/mol. The quantitative estimate of drug-likeness (QED) is 0.111. The lowest BCUT2D eigenvalue weighted by Gasteiger charge is -2.17. The molecule has 244 valence electrons. The van der Waals surface area contributed by atoms with E-state index in [-0.39, 0.29) is 5.82 Å². The van der Waals surface area contributed by atoms with E-state index < -0.39 is 0 Å². The van der Waals surface area contributed by atoms with E-state index in [4.69, 9.17) is 32.0 Å². The Hall–Kier alpha value is -4.90. The van der Waals surface area contributed by atoms with Crippen LogP contribution in [0.3, 0.4) is 0 Å². The summed E-state index contributed by atoms with van der Waals surface area (Å²) in [6.45, 7) is 2.96. The molecule has 0 aliphatic heterocycles. The van der Waals surface area contributed by atoms with Gasteiger partial charge in [0.05, 0.1) is 49.0 Å². The molecule has 0 amide bonds. The minimum absolute atomic E-state index is 0.294. The Labute approximate surface area is 280 Å². The zero-order valence-electron chi connectivity index (χ0n) is 27.0. The van der Waals surface area contributed by atoms with Gasteiger partial charge in [0.1, 0.15) is 18.2 Å². The van der Waals surface area contributed by atoms with Gasteiger partial charge in [-0.15, -0.1) is 0 Å². The highest BCUT2D eigenvalue weighted by Crippen LogP contribution is 2.40. The van der Waals surface area contributed by atoms with Crippen LogP contribution in [0.25, 0.3) is 65.7 Å². The van der Waals surface area contributed by atoms with Gasteiger partial charge in [-0.2, -0.15) is 0 Å². The van der Waals surface area contributed by atoms with E-state index in [2.05, 4.69) is 43.9 Å². The molecule has 0 aliphatic rings. The van der Waals surface area contributed by atoms with Gasteiger partial charge in [0.25, 0.3) is 0 Å². The number of halogens is 2. The summed E-state index contributed by atoms with van der Waals surface area (Å²) in [5.41, 5.74) is 16.6. The molecule has 0 saturated heterocycles. The molecule has 11 heteroatoms. The third-order valence-corrected chi connectivity index (χ3v) is 9.50. The van der Waals surface area contributed by atoms with Gasteiger partial charge in [0.15, 0.2) is 0 Å². The summed E-state index contributed by atoms with van der Waals surface area (Å²) < 4.78 is 20.4. The highest BCUT2D eigenvalue weighted by atomic mass is 35.5. The zero-order chi connectivity index (χ0) is 33.1. The number of aryl methyl sites for hydroxylation is 1. The van der Waals surface area contributed by atoms with Crippen molar-refractivity contribution in [2.75, 3.05) is 46.6 Å². The number of H-pyrrole nitrogens is 3. The predicted octanol–water partition coefficient (Wildman–Crippen LogP) is 7.76. The molecule has 0 bridgehead atoms. The number of hydrogen-bond donors (Lipinski definition) is 4. The zero-order valence-corrected chi connectivity index (χ0v) is 27.8. The minimum Gasteiger partial charge on any atom is -0.490 e. The van der Waals surface area contributed by atoms with Crippen LogP contribution in [0.1, 0.15) is 17.5 Å². The summed E-state index contributed by atoms with van der Waals surface area (Å²) in [6, 6.07) is 14.7. The highest BCUT2D eigenvalue weighted by molar-refractivity contribution is 6.38. The molecule has 0 aliphatic carbocycles. The van der Waals surface area contributed by atoms with Crippen LogP contribution in [-0.2, 0) is 13.0 Å². The maximum atomic E-state index is 14.0. The second-order valence-electron chi connectivity index (χ2n) is 12.9. The van der Waals surface area contributed by atoms with Crippen molar-refractivity contribution in [2.45, 2.75) is 19.4 Å². The topological polar surface area (TPSA) is 115 Å². The smallest absolute Gasteiger partial charge is 0.144 e. The number of nitrogens with zero attached hydrogens (tertiary/aromatic N) is 4. The number of nitrogen functional groups attached to an aromatic ring is 1. The molecule has 8 rings (SSSR count). The Kier molecular flexibility index (Phi) is 7.59. The van der Waals surface area contributed by atoms with Gasteiger partial charge in [-0.05, 0) is 100 Å². The van der Waals surface area contributed by atoms with Gasteiger partial charge in [-0.3, -0.25) is 9.97 Å². The first-order chi connectivity index (χ1) is 23.2. The maximum Gasteiger partial charge on any atom is 0.144 e. The van der Waals surface area contributed by atoms with Crippen molar-refractivity contribution in [2.24, 2.45) is 0 Å². The fraction of sp³-hybridized carbons (Fsp3) is 0.243. The SMILES string of the molecule is CN(C)CCOc1cc2c3ncc(CN(C)CCCc4c(N)cc(Cl)c5c4[nH]c4ccc(F)cc45)cc3[nH]c2c2c1[nH]c1cccnc12. The van der Waals surface area contributed by atoms with E-state index >= 15 is 0 Å². The number of nitrogens with two attached hydrogens (primary N) is 1. The van der Waals surface area contributed by atoms with Gasteiger partial charge < -0.3 is 35.2 Å². The van der Waals surface area contributed by atoms with Crippen LogP contribution in [0.15, 0.2) is 60.9 Å². The van der Waals surface area contributed by atoms with Crippen molar-refractivity contribution in [3.63, 3.8) is 0 Å². The van der Waals surface area contributed by atoms with Gasteiger partial charge in [0, 0.05) is 52.8 Å². The first-order valence-electron chi connectivity index (χ1n) is 16.1. The Morgan fingerprint density at radius 3 is 2.54 bits per heavy atom. The fourth-order valence-corrected chi connectivity index (χ4v) is 7.25. The molecular formula is C37H36ClFN8O. The summed E-state index contributed by atoms with van der Waals surface area (Å²) in [5.74, 6) is 0.499. The van der Waals surface area contributed by atoms with Gasteiger partial charge in [-0.25, -0.2) is 4.39 Å². The number of likely N-dealkylation sites (N-methyl/N-ethyl adjacent to an activating group) is 1. The summed E-state index contributed by atoms with van der Waals surface area (Å²) >= 11 is 6.58. The van der Waals surface area contributed by atoms with E-state index in [0.717, 1.165) is 115 Å². The first kappa shape index (κ1) is 30.4. The molecule has 5 heterocycles. The third-order valence-electron chi connectivity index (χ3n) is 9.20. The lowest BCUT2D eigenvalue weighted by atomic mass is 10.0. The molecular weight excluding hydrogens is 627 g/mol. The number of fused-ring (bicyclic) bond motifs is 10. The summed E-state index contributed by atoms with van der Waals surface area (Å²) in [7, 11) is 6.19. The van der Waals surface area contributed by atoms with Crippen LogP contribution < -0.4 is 10.5 Å². The van der Waals surface area contributed by atoms with E-state index in [1.165, 1.54) is 12.1 Å². The molecule has 0 fully saturated rings. The van der Waals surface area contributed by atoms with E-state index in [1.54, 1.807) is 12.1 Å². The summed E-state index contributed by atoms with van der Waals surface area (Å²) in [6.07, 6.45) is 5.42. The number of pyridine rings is 2. The average Bonchev–Trinajstić information content (AvgIpc) is 3.73. The molecule has 5 N–H and O–H groups in total. The lowest BCUT2D eigenvalue weighted by Crippen LogP contribution is -2.19. The highest BCUT2D eigenvalue weighted by Gasteiger charge is 2.20. The molecule has 0 radical (unpaired) electrons. The van der Waals surface area contributed by atoms with E-state index in [0.29, 0.717) is 17.3 Å². The summed E-state index contributed by atoms with van der Waals surface area (Å²) in [4.78, 5) is 24.7. The largest absolute Gasteiger partial charge is 0.490 e. The van der Waals surface area contributed by atoms with Crippen LogP contribution in [0.4, 0.5) is 10.1 Å². The van der Waals surface area contributed by atoms with Gasteiger partial charge in [-0.1, -0.05) is 11.6 Å². The number of hydrogen-bond acceptors (Lipinski definition) is 6. The Morgan fingerprint density at radius 1 is 0.854 bits per heavy atom. The molecule has 8 aromatic rings. The van der Waals surface area contributed by atoms with Gasteiger partial charge in [0.2, 0.25) is 0 Å². The average molecular weight is 663 g/mol. The van der Waals surface area contributed by atoms with Crippen LogP contribution in [0.5, 0.6) is 5.75 Å². The summed E-state index contributed by atoms with van der Waals surface area (Å²) in [5, 5.41) is 4.12. The maximum absolute atomic E-state index is 14.0. The third kappa shape index (κ3) is 5.26. The second-order valence-corrected chi connectivity index (χ2v) is 13.3. The Morgan fingerprint density at radius 2 is 1.69 bits per heavy atom. The van der Waals surface area contributed by atoms with Crippen LogP contribution >= 0.6 is 11.6 Å². The van der Waals surface area contributed by atoms with Crippen LogP contribution in [0.2, 0.25) is 5.02 Å². The second kappa shape index (κ2) is 12.0. The molecule has 0 saturated carbocycles. The number of ether oxygens (including phenoxy) is 1. The van der Waals surface area contributed by atoms with Crippen LogP contribution in [-0.4, -0.2) is 75.6 Å². The van der Waals surface area contributed by atoms with Crippen LogP contribution in [0, 0.1) is 5.82 Å². The molecule has 5 aromatic heterocycles. The number of benzene rings is 3. The first-order valence-corrected chi connectivity index (χ1v) is 16.5. The lowest BCUT2D eigenvalue weighted by molar-refractivity contribution is 0.263. The number of aromatic amines is 3. The molecule has 0 spiro atoms. The van der Waals surface area contributed by atoms with Crippen molar-refractivity contribution in [3.8, 4) is 5.75 Å². The normalized spacial score (nSPS) is 12.4. The molecule has 48 heavy (non-hydrogen) atoms. The van der Waals surface area contributed by atoms with Crippen molar-refractivity contribution in [1.29, 1.82) is 0 Å². The predicted molar refractivity (Wildman–Crippen MR) is 195 cm³/mol. The minimum atomic E-state index is -0.294. The molecule has 9 nitrogen and oxygen atoms in total. The van der Waals surface area contributed by atoms with Crippen molar-refractivity contribution < 1.29 is 9.13 Å². The number of aromatic nitrogens is 5. The standard InChI is InChI=1S/C37H36ClFN8O/c1-46(2)12-13-48-30-16-24-33-29(45-35(24)32-36-28(44-37(30)32)7-4-10-41-36)14-20(18-42-33)19-47(3)11-5-6-22-26(40)17-25(38)31-23-15-21(39)8-9-27(23)43-34(22)31/h4,7-10,14-18,43-45H,5-6,11-13,19,40H2,1-3H3. The van der Waals surface area contributed by atoms with Crippen molar-refractivity contribution in [3.05, 3.63) is 82.9 Å². The molecule has 0 atom stereocenters. The number of nitrogens with one attached hydrogen (secondary N) is 3. The van der Waals surface area contributed by atoms with E-state index in [1.807, 2.05) is 38.6 Å². The fourth-order valence-electron chi connectivity index (χ4n) is 6.93. The molecule has 3 aromatic carbocycles. The Bertz CT molecular complexity index is 2500.